The fraction of sp³-hybridized carbons (Fsp3) is 0.588. The summed E-state index contributed by atoms with van der Waals surface area (Å²) in [5.41, 5.74) is 0.431. The number of sulfone groups is 1. The molecule has 1 saturated carbocycles. The van der Waals surface area contributed by atoms with Gasteiger partial charge in [-0.3, -0.25) is 0 Å². The summed E-state index contributed by atoms with van der Waals surface area (Å²) in [7, 11) is -3.04. The summed E-state index contributed by atoms with van der Waals surface area (Å²) in [4.78, 5) is 0. The molecule has 0 spiro atoms. The molecule has 5 heteroatoms. The summed E-state index contributed by atoms with van der Waals surface area (Å²) in [5.74, 6) is 0. The zero-order valence-corrected chi connectivity index (χ0v) is 13.1. The Labute approximate surface area is 130 Å². The van der Waals surface area contributed by atoms with Gasteiger partial charge in [-0.1, -0.05) is 24.3 Å². The van der Waals surface area contributed by atoms with Crippen molar-refractivity contribution < 1.29 is 13.5 Å². The van der Waals surface area contributed by atoms with Crippen molar-refractivity contribution >= 4 is 9.84 Å². The van der Waals surface area contributed by atoms with E-state index in [1.54, 1.807) is 0 Å². The van der Waals surface area contributed by atoms with Gasteiger partial charge >= 0.3 is 0 Å². The van der Waals surface area contributed by atoms with Gasteiger partial charge in [-0.2, -0.15) is 5.26 Å². The van der Waals surface area contributed by atoms with E-state index >= 15 is 0 Å². The van der Waals surface area contributed by atoms with Crippen LogP contribution in [0, 0.1) is 11.3 Å². The van der Waals surface area contributed by atoms with Crippen LogP contribution in [0.2, 0.25) is 0 Å². The third kappa shape index (κ3) is 1.87. The summed E-state index contributed by atoms with van der Waals surface area (Å²) in [6, 6.07) is 9.98. The average Bonchev–Trinajstić information content (AvgIpc) is 3.27. The van der Waals surface area contributed by atoms with E-state index in [9.17, 15) is 18.8 Å². The molecule has 1 aromatic carbocycles. The molecule has 0 radical (unpaired) electrons. The molecule has 4 rings (SSSR count). The fourth-order valence-electron chi connectivity index (χ4n) is 4.17. The molecule has 4 nitrogen and oxygen atoms in total. The minimum atomic E-state index is -3.04. The van der Waals surface area contributed by atoms with Crippen LogP contribution < -0.4 is 0 Å². The number of hydrogen-bond donors (Lipinski definition) is 1. The van der Waals surface area contributed by atoms with Gasteiger partial charge in [0.05, 0.1) is 27.6 Å². The molecule has 2 unspecified atom stereocenters. The van der Waals surface area contributed by atoms with Gasteiger partial charge in [-0.25, -0.2) is 8.42 Å². The molecule has 1 aliphatic carbocycles. The highest BCUT2D eigenvalue weighted by Crippen LogP contribution is 2.50. The molecule has 0 aromatic heterocycles. The van der Waals surface area contributed by atoms with Crippen molar-refractivity contribution in [3.05, 3.63) is 35.4 Å². The molecule has 2 aliphatic heterocycles. The standard InChI is InChI=1S/C17H19NO3S/c18-11-16(7-8-16)12-1-3-13(4-2-12)17(19)9-14-5-6-15(10-17)22(14,20)21/h1-4,14-15,19H,5-10H2. The maximum absolute atomic E-state index is 12.2. The van der Waals surface area contributed by atoms with E-state index in [1.165, 1.54) is 0 Å². The van der Waals surface area contributed by atoms with E-state index in [-0.39, 0.29) is 5.41 Å². The summed E-state index contributed by atoms with van der Waals surface area (Å²) >= 11 is 0. The van der Waals surface area contributed by atoms with Crippen LogP contribution in [0.25, 0.3) is 0 Å². The molecular formula is C17H19NO3S. The van der Waals surface area contributed by atoms with E-state index in [2.05, 4.69) is 6.07 Å². The number of nitrogens with zero attached hydrogens (tertiary/aromatic N) is 1. The molecule has 3 fully saturated rings. The van der Waals surface area contributed by atoms with Gasteiger partial charge in [0.2, 0.25) is 0 Å². The lowest BCUT2D eigenvalue weighted by Crippen LogP contribution is -2.43. The van der Waals surface area contributed by atoms with Gasteiger partial charge in [-0.15, -0.1) is 0 Å². The first kappa shape index (κ1) is 14.2. The second-order valence-electron chi connectivity index (χ2n) is 7.12. The number of rotatable bonds is 2. The summed E-state index contributed by atoms with van der Waals surface area (Å²) in [6.45, 7) is 0. The van der Waals surface area contributed by atoms with Crippen LogP contribution in [0.5, 0.6) is 0 Å². The fourth-order valence-corrected chi connectivity index (χ4v) is 6.66. The van der Waals surface area contributed by atoms with Gasteiger partial charge < -0.3 is 5.11 Å². The first-order valence-electron chi connectivity index (χ1n) is 7.87. The highest BCUT2D eigenvalue weighted by atomic mass is 32.2. The van der Waals surface area contributed by atoms with Gasteiger partial charge in [-0.05, 0) is 49.7 Å². The van der Waals surface area contributed by atoms with Crippen LogP contribution in [-0.2, 0) is 20.9 Å². The Balaban J connectivity index is 1.64. The minimum Gasteiger partial charge on any atom is -0.385 e. The molecule has 0 amide bonds. The largest absolute Gasteiger partial charge is 0.385 e. The normalized spacial score (nSPS) is 37.5. The molecular weight excluding hydrogens is 298 g/mol. The molecule has 1 N–H and O–H groups in total. The Hall–Kier alpha value is -1.38. The summed E-state index contributed by atoms with van der Waals surface area (Å²) in [5, 5.41) is 19.4. The van der Waals surface area contributed by atoms with Gasteiger partial charge in [0.15, 0.2) is 9.84 Å². The molecule has 2 atom stereocenters. The van der Waals surface area contributed by atoms with E-state index in [4.69, 9.17) is 0 Å². The van der Waals surface area contributed by atoms with E-state index in [0.29, 0.717) is 25.7 Å². The number of benzene rings is 1. The van der Waals surface area contributed by atoms with E-state index < -0.39 is 25.9 Å². The Morgan fingerprint density at radius 1 is 1.05 bits per heavy atom. The maximum atomic E-state index is 12.2. The predicted molar refractivity (Wildman–Crippen MR) is 81.8 cm³/mol. The van der Waals surface area contributed by atoms with Crippen molar-refractivity contribution in [1.29, 1.82) is 5.26 Å². The van der Waals surface area contributed by atoms with E-state index in [1.807, 2.05) is 24.3 Å². The molecule has 3 aliphatic rings. The van der Waals surface area contributed by atoms with Crippen LogP contribution in [-0.4, -0.2) is 24.0 Å². The predicted octanol–water partition coefficient (Wildman–Crippen LogP) is 2.17. The summed E-state index contributed by atoms with van der Waals surface area (Å²) < 4.78 is 24.4. The Morgan fingerprint density at radius 3 is 2.00 bits per heavy atom. The van der Waals surface area contributed by atoms with Crippen molar-refractivity contribution in [3.63, 3.8) is 0 Å². The third-order valence-corrected chi connectivity index (χ3v) is 8.47. The van der Waals surface area contributed by atoms with Crippen molar-refractivity contribution in [2.24, 2.45) is 0 Å². The number of fused-ring (bicyclic) bond motifs is 2. The molecule has 116 valence electrons. The molecule has 1 aromatic rings. The second kappa shape index (κ2) is 4.33. The van der Waals surface area contributed by atoms with Crippen LogP contribution in [0.3, 0.4) is 0 Å². The first-order chi connectivity index (χ1) is 10.4. The van der Waals surface area contributed by atoms with Crippen molar-refractivity contribution in [2.75, 3.05) is 0 Å². The van der Waals surface area contributed by atoms with Gasteiger partial charge in [0.25, 0.3) is 0 Å². The maximum Gasteiger partial charge on any atom is 0.156 e. The SMILES string of the molecule is N#CC1(c2ccc(C3(O)CC4CCC(C3)S4(=O)=O)cc2)CC1. The minimum absolute atomic E-state index is 0.300. The van der Waals surface area contributed by atoms with Gasteiger partial charge in [0.1, 0.15) is 0 Å². The lowest BCUT2D eigenvalue weighted by atomic mass is 9.84. The van der Waals surface area contributed by atoms with Crippen molar-refractivity contribution in [3.8, 4) is 6.07 Å². The van der Waals surface area contributed by atoms with Crippen LogP contribution in [0.1, 0.15) is 49.7 Å². The second-order valence-corrected chi connectivity index (χ2v) is 9.63. The van der Waals surface area contributed by atoms with Crippen LogP contribution >= 0.6 is 0 Å². The van der Waals surface area contributed by atoms with Crippen molar-refractivity contribution in [2.45, 2.75) is 60.0 Å². The third-order valence-electron chi connectivity index (χ3n) is 5.81. The smallest absolute Gasteiger partial charge is 0.156 e. The van der Waals surface area contributed by atoms with Crippen LogP contribution in [0.4, 0.5) is 0 Å². The number of nitriles is 1. The molecule has 2 saturated heterocycles. The Morgan fingerprint density at radius 2 is 1.55 bits per heavy atom. The molecule has 2 heterocycles. The zero-order chi connectivity index (χ0) is 15.6. The number of hydrogen-bond acceptors (Lipinski definition) is 4. The quantitative estimate of drug-likeness (QED) is 0.906. The lowest BCUT2D eigenvalue weighted by molar-refractivity contribution is 0.0173. The van der Waals surface area contributed by atoms with Gasteiger partial charge in [0, 0.05) is 0 Å². The first-order valence-corrected chi connectivity index (χ1v) is 9.48. The topological polar surface area (TPSA) is 78.2 Å². The molecule has 22 heavy (non-hydrogen) atoms. The lowest BCUT2D eigenvalue weighted by Gasteiger charge is -2.36. The Kier molecular flexibility index (Phi) is 2.80. The molecule has 2 bridgehead atoms. The monoisotopic (exact) mass is 317 g/mol. The summed E-state index contributed by atoms with van der Waals surface area (Å²) in [6.07, 6.45) is 3.74. The highest BCUT2D eigenvalue weighted by Gasteiger charge is 2.53. The average molecular weight is 317 g/mol. The zero-order valence-electron chi connectivity index (χ0n) is 12.3. The van der Waals surface area contributed by atoms with E-state index in [0.717, 1.165) is 24.0 Å². The van der Waals surface area contributed by atoms with Crippen LogP contribution in [0.15, 0.2) is 24.3 Å². The van der Waals surface area contributed by atoms with Crippen molar-refractivity contribution in [1.82, 2.24) is 0 Å². The highest BCUT2D eigenvalue weighted by molar-refractivity contribution is 7.93. The Bertz CT molecular complexity index is 736. The number of aliphatic hydroxyl groups is 1.